The highest BCUT2D eigenvalue weighted by atomic mass is 16.5. The van der Waals surface area contributed by atoms with Crippen LogP contribution in [0.4, 0.5) is 5.69 Å². The first kappa shape index (κ1) is 15.1. The number of hydrogen-bond donors (Lipinski definition) is 2. The highest BCUT2D eigenvalue weighted by Crippen LogP contribution is 2.21. The van der Waals surface area contributed by atoms with Crippen molar-refractivity contribution in [2.45, 2.75) is 39.7 Å². The van der Waals surface area contributed by atoms with Gasteiger partial charge in [0, 0.05) is 17.7 Å². The van der Waals surface area contributed by atoms with Crippen LogP contribution in [0.3, 0.4) is 0 Å². The molecule has 21 heavy (non-hydrogen) atoms. The van der Waals surface area contributed by atoms with E-state index in [2.05, 4.69) is 10.5 Å². The number of nitrogens with two attached hydrogens (primary N) is 1. The largest absolute Gasteiger partial charge is 0.399 e. The quantitative estimate of drug-likeness (QED) is 0.828. The molecule has 1 unspecified atom stereocenters. The van der Waals surface area contributed by atoms with Gasteiger partial charge in [0.05, 0.1) is 11.7 Å². The summed E-state index contributed by atoms with van der Waals surface area (Å²) < 4.78 is 5.13. The second-order valence-electron chi connectivity index (χ2n) is 5.27. The van der Waals surface area contributed by atoms with Crippen molar-refractivity contribution in [2.75, 3.05) is 5.73 Å². The summed E-state index contributed by atoms with van der Waals surface area (Å²) in [5.74, 6) is 0.751. The summed E-state index contributed by atoms with van der Waals surface area (Å²) >= 11 is 0. The molecule has 1 amide bonds. The monoisotopic (exact) mass is 287 g/mol. The number of rotatable bonds is 5. The molecule has 0 saturated carbocycles. The Labute approximate surface area is 124 Å². The Morgan fingerprint density at radius 2 is 2.19 bits per heavy atom. The lowest BCUT2D eigenvalue weighted by Crippen LogP contribution is -2.27. The minimum atomic E-state index is -0.107. The minimum Gasteiger partial charge on any atom is -0.399 e. The number of hydrogen-bond acceptors (Lipinski definition) is 4. The fourth-order valence-corrected chi connectivity index (χ4v) is 2.50. The fourth-order valence-electron chi connectivity index (χ4n) is 2.50. The van der Waals surface area contributed by atoms with E-state index in [0.717, 1.165) is 28.3 Å². The van der Waals surface area contributed by atoms with Crippen LogP contribution < -0.4 is 11.1 Å². The van der Waals surface area contributed by atoms with E-state index in [0.29, 0.717) is 12.8 Å². The zero-order valence-corrected chi connectivity index (χ0v) is 12.6. The first-order chi connectivity index (χ1) is 9.97. The molecule has 0 aliphatic carbocycles. The van der Waals surface area contributed by atoms with Crippen LogP contribution in [0.1, 0.15) is 42.0 Å². The second-order valence-corrected chi connectivity index (χ2v) is 5.27. The molecule has 0 radical (unpaired) electrons. The standard InChI is InChI=1S/C16H21N3O2/c1-10(16-11(2)19-21-12(16)3)18-15(20)8-7-13-5-4-6-14(17)9-13/h4-6,9-10H,7-8,17H2,1-3H3,(H,18,20). The van der Waals surface area contributed by atoms with Crippen LogP contribution in [0.25, 0.3) is 0 Å². The third-order valence-electron chi connectivity index (χ3n) is 3.49. The van der Waals surface area contributed by atoms with E-state index in [9.17, 15) is 4.79 Å². The van der Waals surface area contributed by atoms with Crippen LogP contribution in [0, 0.1) is 13.8 Å². The van der Waals surface area contributed by atoms with Gasteiger partial charge < -0.3 is 15.6 Å². The predicted octanol–water partition coefficient (Wildman–Crippen LogP) is 2.68. The van der Waals surface area contributed by atoms with Gasteiger partial charge in [-0.3, -0.25) is 4.79 Å². The number of nitrogens with zero attached hydrogens (tertiary/aromatic N) is 1. The van der Waals surface area contributed by atoms with Gasteiger partial charge in [0.1, 0.15) is 5.76 Å². The van der Waals surface area contributed by atoms with Crippen molar-refractivity contribution in [2.24, 2.45) is 0 Å². The van der Waals surface area contributed by atoms with Crippen LogP contribution in [-0.4, -0.2) is 11.1 Å². The SMILES string of the molecule is Cc1noc(C)c1C(C)NC(=O)CCc1cccc(N)c1. The number of carbonyl (C=O) groups excluding carboxylic acids is 1. The average Bonchev–Trinajstić information content (AvgIpc) is 2.76. The molecule has 112 valence electrons. The van der Waals surface area contributed by atoms with Crippen molar-refractivity contribution in [1.29, 1.82) is 0 Å². The Balaban J connectivity index is 1.90. The number of benzene rings is 1. The topological polar surface area (TPSA) is 81.2 Å². The summed E-state index contributed by atoms with van der Waals surface area (Å²) in [7, 11) is 0. The van der Waals surface area contributed by atoms with Gasteiger partial charge in [0.15, 0.2) is 0 Å². The molecule has 1 heterocycles. The van der Waals surface area contributed by atoms with Crippen LogP contribution in [0.2, 0.25) is 0 Å². The molecule has 1 aromatic heterocycles. The molecular weight excluding hydrogens is 266 g/mol. The lowest BCUT2D eigenvalue weighted by Gasteiger charge is -2.13. The van der Waals surface area contributed by atoms with Crippen molar-refractivity contribution >= 4 is 11.6 Å². The maximum absolute atomic E-state index is 12.0. The lowest BCUT2D eigenvalue weighted by molar-refractivity contribution is -0.121. The van der Waals surface area contributed by atoms with E-state index >= 15 is 0 Å². The number of amides is 1. The van der Waals surface area contributed by atoms with Crippen LogP contribution >= 0.6 is 0 Å². The van der Waals surface area contributed by atoms with Gasteiger partial charge in [-0.1, -0.05) is 17.3 Å². The molecule has 0 bridgehead atoms. The minimum absolute atomic E-state index is 0.00456. The molecule has 1 atom stereocenters. The summed E-state index contributed by atoms with van der Waals surface area (Å²) in [4.78, 5) is 12.0. The molecule has 5 nitrogen and oxygen atoms in total. The molecule has 5 heteroatoms. The Morgan fingerprint density at radius 3 is 2.81 bits per heavy atom. The van der Waals surface area contributed by atoms with Crippen LogP contribution in [0.15, 0.2) is 28.8 Å². The molecule has 2 aromatic rings. The number of nitrogen functional groups attached to an aromatic ring is 1. The average molecular weight is 287 g/mol. The Kier molecular flexibility index (Phi) is 4.62. The molecule has 2 rings (SSSR count). The van der Waals surface area contributed by atoms with Gasteiger partial charge in [-0.2, -0.15) is 0 Å². The predicted molar refractivity (Wildman–Crippen MR) is 81.7 cm³/mol. The molecule has 0 fully saturated rings. The van der Waals surface area contributed by atoms with E-state index < -0.39 is 0 Å². The summed E-state index contributed by atoms with van der Waals surface area (Å²) in [5, 5.41) is 6.89. The van der Waals surface area contributed by atoms with Crippen molar-refractivity contribution in [3.05, 3.63) is 46.8 Å². The zero-order valence-electron chi connectivity index (χ0n) is 12.6. The third-order valence-corrected chi connectivity index (χ3v) is 3.49. The first-order valence-corrected chi connectivity index (χ1v) is 7.04. The number of aromatic nitrogens is 1. The van der Waals surface area contributed by atoms with Gasteiger partial charge in [-0.15, -0.1) is 0 Å². The van der Waals surface area contributed by atoms with Crippen molar-refractivity contribution in [3.8, 4) is 0 Å². The Hall–Kier alpha value is -2.30. The zero-order chi connectivity index (χ0) is 15.4. The number of carbonyl (C=O) groups is 1. The normalized spacial score (nSPS) is 12.1. The molecule has 0 saturated heterocycles. The summed E-state index contributed by atoms with van der Waals surface area (Å²) in [6.45, 7) is 5.66. The van der Waals surface area contributed by atoms with Crippen molar-refractivity contribution in [3.63, 3.8) is 0 Å². The van der Waals surface area contributed by atoms with Gasteiger partial charge in [-0.05, 0) is 44.9 Å². The molecule has 0 aliphatic heterocycles. The van der Waals surface area contributed by atoms with Crippen molar-refractivity contribution in [1.82, 2.24) is 10.5 Å². The number of nitrogens with one attached hydrogen (secondary N) is 1. The number of anilines is 1. The molecule has 1 aromatic carbocycles. The highest BCUT2D eigenvalue weighted by Gasteiger charge is 2.18. The molecule has 0 aliphatic rings. The Morgan fingerprint density at radius 1 is 1.43 bits per heavy atom. The van der Waals surface area contributed by atoms with Crippen molar-refractivity contribution < 1.29 is 9.32 Å². The maximum atomic E-state index is 12.0. The summed E-state index contributed by atoms with van der Waals surface area (Å²) in [5.41, 5.74) is 9.28. The highest BCUT2D eigenvalue weighted by molar-refractivity contribution is 5.76. The van der Waals surface area contributed by atoms with Crippen LogP contribution in [0.5, 0.6) is 0 Å². The third kappa shape index (κ3) is 3.84. The van der Waals surface area contributed by atoms with E-state index in [4.69, 9.17) is 10.3 Å². The fraction of sp³-hybridized carbons (Fsp3) is 0.375. The van der Waals surface area contributed by atoms with E-state index in [1.54, 1.807) is 0 Å². The smallest absolute Gasteiger partial charge is 0.220 e. The lowest BCUT2D eigenvalue weighted by atomic mass is 10.1. The molecular formula is C16H21N3O2. The Bertz CT molecular complexity index is 615. The first-order valence-electron chi connectivity index (χ1n) is 7.04. The van der Waals surface area contributed by atoms with E-state index in [-0.39, 0.29) is 11.9 Å². The van der Waals surface area contributed by atoms with Crippen LogP contribution in [-0.2, 0) is 11.2 Å². The van der Waals surface area contributed by atoms with Gasteiger partial charge in [0.25, 0.3) is 0 Å². The number of aryl methyl sites for hydroxylation is 3. The summed E-state index contributed by atoms with van der Waals surface area (Å²) in [6.07, 6.45) is 1.10. The van der Waals surface area contributed by atoms with E-state index in [1.807, 2.05) is 45.0 Å². The molecule has 0 spiro atoms. The van der Waals surface area contributed by atoms with E-state index in [1.165, 1.54) is 0 Å². The molecule has 3 N–H and O–H groups in total. The maximum Gasteiger partial charge on any atom is 0.220 e. The van der Waals surface area contributed by atoms with Gasteiger partial charge in [-0.25, -0.2) is 0 Å². The second kappa shape index (κ2) is 6.43. The van der Waals surface area contributed by atoms with Gasteiger partial charge >= 0.3 is 0 Å². The van der Waals surface area contributed by atoms with Gasteiger partial charge in [0.2, 0.25) is 5.91 Å². The summed E-state index contributed by atoms with van der Waals surface area (Å²) in [6, 6.07) is 7.49.